The van der Waals surface area contributed by atoms with E-state index in [0.29, 0.717) is 6.04 Å². The van der Waals surface area contributed by atoms with Crippen molar-refractivity contribution in [2.75, 3.05) is 18.0 Å². The molecule has 0 bridgehead atoms. The van der Waals surface area contributed by atoms with Crippen LogP contribution in [0.15, 0.2) is 24.3 Å². The largest absolute Gasteiger partial charge is 0.369 e. The maximum atomic E-state index is 3.49. The zero-order chi connectivity index (χ0) is 13.0. The van der Waals surface area contributed by atoms with Crippen LogP contribution < -0.4 is 10.2 Å². The van der Waals surface area contributed by atoms with Gasteiger partial charge in [0.15, 0.2) is 0 Å². The van der Waals surface area contributed by atoms with E-state index in [9.17, 15) is 0 Å². The first-order chi connectivity index (χ1) is 8.66. The van der Waals surface area contributed by atoms with Crippen LogP contribution in [0.25, 0.3) is 0 Å². The van der Waals surface area contributed by atoms with Gasteiger partial charge in [-0.2, -0.15) is 0 Å². The van der Waals surface area contributed by atoms with Crippen molar-refractivity contribution in [3.8, 4) is 0 Å². The molecule has 18 heavy (non-hydrogen) atoms. The molecule has 1 N–H and O–H groups in total. The maximum Gasteiger partial charge on any atom is 0.0368 e. The average Bonchev–Trinajstić information content (AvgIpc) is 2.76. The van der Waals surface area contributed by atoms with Gasteiger partial charge in [-0.05, 0) is 49.9 Å². The van der Waals surface area contributed by atoms with Gasteiger partial charge in [0.1, 0.15) is 0 Å². The van der Waals surface area contributed by atoms with Gasteiger partial charge >= 0.3 is 0 Å². The van der Waals surface area contributed by atoms with Crippen LogP contribution >= 0.6 is 0 Å². The summed E-state index contributed by atoms with van der Waals surface area (Å²) >= 11 is 0. The molecular formula is C16H26N2. The number of nitrogens with one attached hydrogen (secondary N) is 1. The molecular weight excluding hydrogens is 220 g/mol. The van der Waals surface area contributed by atoms with Gasteiger partial charge in [-0.1, -0.05) is 26.0 Å². The molecule has 0 aliphatic carbocycles. The lowest BCUT2D eigenvalue weighted by Gasteiger charge is -2.24. The Kier molecular flexibility index (Phi) is 4.65. The third-order valence-corrected chi connectivity index (χ3v) is 3.70. The second-order valence-electron chi connectivity index (χ2n) is 5.88. The molecule has 1 atom stereocenters. The Balaban J connectivity index is 1.89. The van der Waals surface area contributed by atoms with Crippen LogP contribution in [0.3, 0.4) is 0 Å². The van der Waals surface area contributed by atoms with E-state index in [1.165, 1.54) is 30.6 Å². The van der Waals surface area contributed by atoms with Gasteiger partial charge in [0.05, 0.1) is 0 Å². The second kappa shape index (κ2) is 6.24. The van der Waals surface area contributed by atoms with Crippen molar-refractivity contribution in [2.24, 2.45) is 5.92 Å². The van der Waals surface area contributed by atoms with E-state index in [-0.39, 0.29) is 0 Å². The van der Waals surface area contributed by atoms with Crippen LogP contribution in [0, 0.1) is 5.92 Å². The summed E-state index contributed by atoms with van der Waals surface area (Å²) in [5.41, 5.74) is 2.76. The van der Waals surface area contributed by atoms with E-state index in [1.54, 1.807) is 0 Å². The molecule has 2 heteroatoms. The van der Waals surface area contributed by atoms with E-state index in [2.05, 4.69) is 55.3 Å². The third kappa shape index (κ3) is 3.49. The quantitative estimate of drug-likeness (QED) is 0.856. The fraction of sp³-hybridized carbons (Fsp3) is 0.625. The Bertz CT molecular complexity index is 356. The zero-order valence-corrected chi connectivity index (χ0v) is 11.9. The maximum absolute atomic E-state index is 3.49. The summed E-state index contributed by atoms with van der Waals surface area (Å²) in [5, 5.41) is 3.49. The number of rotatable bonds is 5. The van der Waals surface area contributed by atoms with Crippen molar-refractivity contribution >= 4 is 5.69 Å². The van der Waals surface area contributed by atoms with Gasteiger partial charge in [-0.25, -0.2) is 0 Å². The minimum atomic E-state index is 0.704. The van der Waals surface area contributed by atoms with Crippen LogP contribution in [-0.4, -0.2) is 19.1 Å². The number of nitrogens with zero attached hydrogens (tertiary/aromatic N) is 1. The van der Waals surface area contributed by atoms with Crippen LogP contribution in [-0.2, 0) is 6.54 Å². The molecule has 0 radical (unpaired) electrons. The highest BCUT2D eigenvalue weighted by Gasteiger charge is 2.19. The molecule has 0 spiro atoms. The van der Waals surface area contributed by atoms with E-state index >= 15 is 0 Å². The Morgan fingerprint density at radius 3 is 2.56 bits per heavy atom. The fourth-order valence-corrected chi connectivity index (χ4v) is 2.63. The molecule has 1 saturated heterocycles. The molecule has 1 aliphatic rings. The number of anilines is 1. The SMILES string of the molecule is CC(C)CNCc1ccc(N2CCCC2C)cc1. The van der Waals surface area contributed by atoms with Gasteiger partial charge in [0.2, 0.25) is 0 Å². The highest BCUT2D eigenvalue weighted by atomic mass is 15.2. The lowest BCUT2D eigenvalue weighted by molar-refractivity contribution is 0.552. The molecule has 1 aliphatic heterocycles. The summed E-state index contributed by atoms with van der Waals surface area (Å²) in [6.07, 6.45) is 2.66. The average molecular weight is 246 g/mol. The standard InChI is InChI=1S/C16H26N2/c1-13(2)11-17-12-15-6-8-16(9-7-15)18-10-4-5-14(18)3/h6-9,13-14,17H,4-5,10-12H2,1-3H3. The van der Waals surface area contributed by atoms with Crippen LogP contribution in [0.2, 0.25) is 0 Å². The first-order valence-corrected chi connectivity index (χ1v) is 7.23. The summed E-state index contributed by atoms with van der Waals surface area (Å²) in [6, 6.07) is 9.76. The first-order valence-electron chi connectivity index (χ1n) is 7.23. The van der Waals surface area contributed by atoms with E-state index in [0.717, 1.165) is 19.0 Å². The number of benzene rings is 1. The van der Waals surface area contributed by atoms with Gasteiger partial charge in [-0.15, -0.1) is 0 Å². The van der Waals surface area contributed by atoms with E-state index in [4.69, 9.17) is 0 Å². The molecule has 1 aromatic carbocycles. The Morgan fingerprint density at radius 1 is 1.28 bits per heavy atom. The van der Waals surface area contributed by atoms with E-state index < -0.39 is 0 Å². The van der Waals surface area contributed by atoms with Crippen molar-refractivity contribution in [1.29, 1.82) is 0 Å². The van der Waals surface area contributed by atoms with Crippen LogP contribution in [0.5, 0.6) is 0 Å². The molecule has 1 unspecified atom stereocenters. The molecule has 100 valence electrons. The zero-order valence-electron chi connectivity index (χ0n) is 11.9. The predicted molar refractivity (Wildman–Crippen MR) is 79.0 cm³/mol. The number of hydrogen-bond donors (Lipinski definition) is 1. The van der Waals surface area contributed by atoms with Crippen LogP contribution in [0.4, 0.5) is 5.69 Å². The molecule has 1 aromatic rings. The normalized spacial score (nSPS) is 19.8. The van der Waals surface area contributed by atoms with Gasteiger partial charge in [0.25, 0.3) is 0 Å². The molecule has 0 saturated carbocycles. The Morgan fingerprint density at radius 2 is 2.00 bits per heavy atom. The molecule has 1 fully saturated rings. The van der Waals surface area contributed by atoms with Crippen molar-refractivity contribution in [2.45, 2.75) is 46.2 Å². The third-order valence-electron chi connectivity index (χ3n) is 3.70. The predicted octanol–water partition coefficient (Wildman–Crippen LogP) is 3.42. The Hall–Kier alpha value is -1.02. The van der Waals surface area contributed by atoms with Crippen molar-refractivity contribution in [3.63, 3.8) is 0 Å². The van der Waals surface area contributed by atoms with Crippen molar-refractivity contribution in [1.82, 2.24) is 5.32 Å². The highest BCUT2D eigenvalue weighted by molar-refractivity contribution is 5.49. The summed E-state index contributed by atoms with van der Waals surface area (Å²) in [4.78, 5) is 2.52. The fourth-order valence-electron chi connectivity index (χ4n) is 2.63. The molecule has 0 aromatic heterocycles. The summed E-state index contributed by atoms with van der Waals surface area (Å²) in [5.74, 6) is 0.717. The minimum absolute atomic E-state index is 0.704. The van der Waals surface area contributed by atoms with Crippen molar-refractivity contribution in [3.05, 3.63) is 29.8 Å². The lowest BCUT2D eigenvalue weighted by atomic mass is 10.1. The summed E-state index contributed by atoms with van der Waals surface area (Å²) in [6.45, 7) is 10.1. The van der Waals surface area contributed by atoms with Gasteiger partial charge in [-0.3, -0.25) is 0 Å². The molecule has 1 heterocycles. The number of hydrogen-bond acceptors (Lipinski definition) is 2. The monoisotopic (exact) mass is 246 g/mol. The molecule has 0 amide bonds. The Labute approximate surface area is 111 Å². The summed E-state index contributed by atoms with van der Waals surface area (Å²) in [7, 11) is 0. The van der Waals surface area contributed by atoms with Crippen molar-refractivity contribution < 1.29 is 0 Å². The lowest BCUT2D eigenvalue weighted by Crippen LogP contribution is -2.26. The van der Waals surface area contributed by atoms with Gasteiger partial charge < -0.3 is 10.2 Å². The van der Waals surface area contributed by atoms with Crippen LogP contribution in [0.1, 0.15) is 39.2 Å². The second-order valence-corrected chi connectivity index (χ2v) is 5.88. The first kappa shape index (κ1) is 13.4. The minimum Gasteiger partial charge on any atom is -0.369 e. The van der Waals surface area contributed by atoms with E-state index in [1.807, 2.05) is 0 Å². The molecule has 2 rings (SSSR count). The smallest absolute Gasteiger partial charge is 0.0368 e. The topological polar surface area (TPSA) is 15.3 Å². The van der Waals surface area contributed by atoms with Gasteiger partial charge in [0, 0.05) is 24.8 Å². The summed E-state index contributed by atoms with van der Waals surface area (Å²) < 4.78 is 0. The molecule has 2 nitrogen and oxygen atoms in total. The highest BCUT2D eigenvalue weighted by Crippen LogP contribution is 2.25.